The molecule has 7 unspecified atom stereocenters. The van der Waals surface area contributed by atoms with Gasteiger partial charge in [0.25, 0.3) is 0 Å². The van der Waals surface area contributed by atoms with E-state index in [4.69, 9.17) is 0 Å². The second-order valence-electron chi connectivity index (χ2n) is 10.5. The number of fused-ring (bicyclic) bond motifs is 5. The Morgan fingerprint density at radius 1 is 1.14 bits per heavy atom. The highest BCUT2D eigenvalue weighted by atomic mass is 16.3. The number of aromatic nitrogens is 3. The van der Waals surface area contributed by atoms with Crippen LogP contribution in [0.5, 0.6) is 0 Å². The molecule has 4 aliphatic carbocycles. The second kappa shape index (κ2) is 6.51. The van der Waals surface area contributed by atoms with Crippen LogP contribution >= 0.6 is 0 Å². The number of hydrogen-bond acceptors (Lipinski definition) is 4. The molecule has 0 bridgehead atoms. The highest BCUT2D eigenvalue weighted by molar-refractivity contribution is 5.82. The normalized spacial score (nSPS) is 45.0. The lowest BCUT2D eigenvalue weighted by molar-refractivity contribution is -0.130. The van der Waals surface area contributed by atoms with Crippen LogP contribution < -0.4 is 0 Å². The third kappa shape index (κ3) is 2.89. The van der Waals surface area contributed by atoms with Gasteiger partial charge >= 0.3 is 0 Å². The first kappa shape index (κ1) is 18.5. The third-order valence-corrected chi connectivity index (χ3v) is 8.87. The number of carbonyl (C=O) groups excluding carboxylic acids is 1. The molecule has 0 spiro atoms. The Morgan fingerprint density at radius 3 is 2.71 bits per heavy atom. The molecular formula is C23H33N3O2. The molecule has 1 N–H and O–H groups in total. The maximum atomic E-state index is 13.1. The molecule has 0 amide bonds. The predicted octanol–water partition coefficient (Wildman–Crippen LogP) is 3.79. The van der Waals surface area contributed by atoms with E-state index in [-0.39, 0.29) is 11.3 Å². The number of carbonyl (C=O) groups is 1. The van der Waals surface area contributed by atoms with Crippen molar-refractivity contribution < 1.29 is 9.90 Å². The minimum Gasteiger partial charge on any atom is -0.390 e. The first-order chi connectivity index (χ1) is 13.4. The number of aliphatic hydroxyl groups is 1. The van der Waals surface area contributed by atoms with Gasteiger partial charge in [-0.2, -0.15) is 15.0 Å². The highest BCUT2D eigenvalue weighted by Crippen LogP contribution is 2.63. The van der Waals surface area contributed by atoms with Crippen molar-refractivity contribution in [1.29, 1.82) is 0 Å². The second-order valence-corrected chi connectivity index (χ2v) is 10.5. The molecule has 3 fully saturated rings. The van der Waals surface area contributed by atoms with Gasteiger partial charge < -0.3 is 5.11 Å². The van der Waals surface area contributed by atoms with E-state index in [0.29, 0.717) is 24.2 Å². The van der Waals surface area contributed by atoms with Crippen LogP contribution in [-0.4, -0.2) is 31.5 Å². The average Bonchev–Trinajstić information content (AvgIpc) is 3.27. The summed E-state index contributed by atoms with van der Waals surface area (Å²) < 4.78 is 0. The van der Waals surface area contributed by atoms with Crippen molar-refractivity contribution in [3.63, 3.8) is 0 Å². The summed E-state index contributed by atoms with van der Waals surface area (Å²) >= 11 is 0. The zero-order valence-corrected chi connectivity index (χ0v) is 17.2. The topological polar surface area (TPSA) is 68.0 Å². The number of ketones is 1. The van der Waals surface area contributed by atoms with Crippen LogP contribution in [-0.2, 0) is 11.3 Å². The van der Waals surface area contributed by atoms with Crippen molar-refractivity contribution in [3.8, 4) is 0 Å². The zero-order chi connectivity index (χ0) is 19.5. The van der Waals surface area contributed by atoms with E-state index in [1.54, 1.807) is 12.4 Å². The van der Waals surface area contributed by atoms with Crippen molar-refractivity contribution in [1.82, 2.24) is 15.0 Å². The fraction of sp³-hybridized carbons (Fsp3) is 0.783. The van der Waals surface area contributed by atoms with Crippen molar-refractivity contribution in [3.05, 3.63) is 24.0 Å². The summed E-state index contributed by atoms with van der Waals surface area (Å²) in [7, 11) is 0. The minimum absolute atomic E-state index is 0.136. The van der Waals surface area contributed by atoms with Gasteiger partial charge in [0.1, 0.15) is 6.54 Å². The first-order valence-corrected chi connectivity index (χ1v) is 11.2. The van der Waals surface area contributed by atoms with Gasteiger partial charge in [-0.1, -0.05) is 18.6 Å². The number of hydrogen-bond donors (Lipinski definition) is 1. The highest BCUT2D eigenvalue weighted by Gasteiger charge is 2.57. The van der Waals surface area contributed by atoms with Crippen LogP contribution in [0.15, 0.2) is 24.0 Å². The van der Waals surface area contributed by atoms with Crippen LogP contribution in [0.4, 0.5) is 0 Å². The van der Waals surface area contributed by atoms with E-state index < -0.39 is 5.60 Å². The lowest BCUT2D eigenvalue weighted by Crippen LogP contribution is -2.48. The molecule has 0 radical (unpaired) electrons. The first-order valence-electron chi connectivity index (χ1n) is 11.2. The van der Waals surface area contributed by atoms with Gasteiger partial charge in [0.15, 0.2) is 5.78 Å². The monoisotopic (exact) mass is 383 g/mol. The molecule has 5 nitrogen and oxygen atoms in total. The lowest BCUT2D eigenvalue weighted by Gasteiger charge is -2.54. The Kier molecular flexibility index (Phi) is 4.31. The minimum atomic E-state index is -0.510. The molecule has 1 aromatic rings. The van der Waals surface area contributed by atoms with Gasteiger partial charge in [0, 0.05) is 5.92 Å². The molecule has 4 aliphatic rings. The molecular weight excluding hydrogens is 350 g/mol. The molecule has 7 atom stereocenters. The smallest absolute Gasteiger partial charge is 0.159 e. The van der Waals surface area contributed by atoms with Crippen molar-refractivity contribution in [2.24, 2.45) is 35.0 Å². The average molecular weight is 384 g/mol. The molecule has 0 aliphatic heterocycles. The van der Waals surface area contributed by atoms with E-state index in [1.165, 1.54) is 29.6 Å². The van der Waals surface area contributed by atoms with Crippen molar-refractivity contribution >= 4 is 5.78 Å². The summed E-state index contributed by atoms with van der Waals surface area (Å²) in [6, 6.07) is 0. The van der Waals surface area contributed by atoms with Gasteiger partial charge in [-0.3, -0.25) is 4.79 Å². The molecule has 5 heteroatoms. The Bertz CT molecular complexity index is 784. The van der Waals surface area contributed by atoms with Crippen molar-refractivity contribution in [2.45, 2.75) is 77.4 Å². The Hall–Kier alpha value is -1.49. The van der Waals surface area contributed by atoms with Crippen LogP contribution in [0, 0.1) is 35.0 Å². The van der Waals surface area contributed by atoms with Gasteiger partial charge in [0.05, 0.1) is 18.0 Å². The third-order valence-electron chi connectivity index (χ3n) is 8.87. The van der Waals surface area contributed by atoms with E-state index in [9.17, 15) is 9.90 Å². The molecule has 152 valence electrons. The van der Waals surface area contributed by atoms with Gasteiger partial charge in [-0.25, -0.2) is 0 Å². The molecule has 28 heavy (non-hydrogen) atoms. The van der Waals surface area contributed by atoms with Crippen LogP contribution in [0.3, 0.4) is 0 Å². The molecule has 3 saturated carbocycles. The van der Waals surface area contributed by atoms with Gasteiger partial charge in [-0.15, -0.1) is 0 Å². The Morgan fingerprint density at radius 2 is 1.93 bits per heavy atom. The maximum Gasteiger partial charge on any atom is 0.159 e. The fourth-order valence-electron chi connectivity index (χ4n) is 7.57. The zero-order valence-electron chi connectivity index (χ0n) is 17.2. The Labute approximate surface area is 167 Å². The van der Waals surface area contributed by atoms with Crippen LogP contribution in [0.2, 0.25) is 0 Å². The van der Waals surface area contributed by atoms with E-state index in [1.807, 2.05) is 6.92 Å². The number of Topliss-reactive ketones (excluding diaryl/α,β-unsaturated/α-hetero) is 1. The lowest BCUT2D eigenvalue weighted by atomic mass is 9.51. The van der Waals surface area contributed by atoms with Gasteiger partial charge in [0.2, 0.25) is 0 Å². The SMILES string of the molecule is CC1(O)CCC2C(=CCC3C2CCC2(C)C(C(=O)Cn4nccn4)CCC32)C1. The largest absolute Gasteiger partial charge is 0.390 e. The van der Waals surface area contributed by atoms with E-state index >= 15 is 0 Å². The number of nitrogens with zero attached hydrogens (tertiary/aromatic N) is 3. The summed E-state index contributed by atoms with van der Waals surface area (Å²) in [5.41, 5.74) is 1.15. The maximum absolute atomic E-state index is 13.1. The molecule has 0 aromatic carbocycles. The van der Waals surface area contributed by atoms with Crippen LogP contribution in [0.25, 0.3) is 0 Å². The quantitative estimate of drug-likeness (QED) is 0.807. The summed E-state index contributed by atoms with van der Waals surface area (Å²) in [5.74, 6) is 3.28. The predicted molar refractivity (Wildman–Crippen MR) is 106 cm³/mol. The van der Waals surface area contributed by atoms with Crippen LogP contribution in [0.1, 0.15) is 65.2 Å². The fourth-order valence-corrected chi connectivity index (χ4v) is 7.57. The Balaban J connectivity index is 1.35. The van der Waals surface area contributed by atoms with E-state index in [2.05, 4.69) is 23.2 Å². The molecule has 5 rings (SSSR count). The molecule has 1 aromatic heterocycles. The van der Waals surface area contributed by atoms with E-state index in [0.717, 1.165) is 43.9 Å². The molecule has 1 heterocycles. The summed E-state index contributed by atoms with van der Waals surface area (Å²) in [5, 5.41) is 18.8. The number of rotatable bonds is 3. The summed E-state index contributed by atoms with van der Waals surface area (Å²) in [4.78, 5) is 14.6. The van der Waals surface area contributed by atoms with Gasteiger partial charge in [-0.05, 0) is 87.4 Å². The summed E-state index contributed by atoms with van der Waals surface area (Å²) in [6.07, 6.45) is 14.5. The molecule has 0 saturated heterocycles. The number of allylic oxidation sites excluding steroid dienone is 1. The summed E-state index contributed by atoms with van der Waals surface area (Å²) in [6.45, 7) is 4.70. The standard InChI is InChI=1S/C23H33N3O2/c1-22(28)9-7-16-15(13-22)3-4-18-17(16)8-10-23(2)19(18)5-6-20(23)21(27)14-26-24-11-12-25-26/h3,11-12,16-20,28H,4-10,13-14H2,1-2H3. The van der Waals surface area contributed by atoms with Crippen molar-refractivity contribution in [2.75, 3.05) is 0 Å².